The van der Waals surface area contributed by atoms with Crippen LogP contribution >= 0.6 is 0 Å². The number of amides is 1. The molecule has 0 radical (unpaired) electrons. The van der Waals surface area contributed by atoms with Crippen molar-refractivity contribution in [2.24, 2.45) is 0 Å². The number of hydrogen-bond acceptors (Lipinski definition) is 5. The molecule has 1 spiro atoms. The van der Waals surface area contributed by atoms with E-state index in [1.807, 2.05) is 24.3 Å². The molecule has 1 fully saturated rings. The van der Waals surface area contributed by atoms with E-state index in [9.17, 15) is 18.0 Å². The summed E-state index contributed by atoms with van der Waals surface area (Å²) in [5.74, 6) is -0.0119. The third-order valence-electron chi connectivity index (χ3n) is 6.26. The summed E-state index contributed by atoms with van der Waals surface area (Å²) in [4.78, 5) is 12.3. The number of carbonyl (C=O) groups excluding carboxylic acids is 1. The van der Waals surface area contributed by atoms with Crippen molar-refractivity contribution in [3.05, 3.63) is 77.9 Å². The number of rotatable bonds is 5. The SMILES string of the molecule is O=C(COc1cccc(-c2ccc3c(c2)COC2(CCNCC2)O3)c1)Nc1ccccc1C(F)(F)F. The number of benzene rings is 3. The molecular formula is C27H25F3N2O4. The molecule has 0 unspecified atom stereocenters. The third kappa shape index (κ3) is 5.32. The summed E-state index contributed by atoms with van der Waals surface area (Å²) in [5, 5.41) is 5.59. The molecule has 2 aliphatic heterocycles. The summed E-state index contributed by atoms with van der Waals surface area (Å²) in [6, 6.07) is 17.9. The fourth-order valence-corrected chi connectivity index (χ4v) is 4.40. The number of nitrogens with one attached hydrogen (secondary N) is 2. The van der Waals surface area contributed by atoms with Crippen LogP contribution in [0.1, 0.15) is 24.0 Å². The van der Waals surface area contributed by atoms with E-state index in [-0.39, 0.29) is 5.69 Å². The molecule has 0 bridgehead atoms. The zero-order valence-electron chi connectivity index (χ0n) is 19.4. The van der Waals surface area contributed by atoms with Gasteiger partial charge in [-0.1, -0.05) is 30.3 Å². The molecule has 0 atom stereocenters. The molecule has 2 N–H and O–H groups in total. The van der Waals surface area contributed by atoms with E-state index in [2.05, 4.69) is 10.6 Å². The zero-order valence-corrected chi connectivity index (χ0v) is 19.4. The van der Waals surface area contributed by atoms with E-state index in [4.69, 9.17) is 14.2 Å². The number of piperidine rings is 1. The molecule has 2 aliphatic rings. The molecule has 1 saturated heterocycles. The molecule has 0 saturated carbocycles. The first-order valence-corrected chi connectivity index (χ1v) is 11.7. The minimum Gasteiger partial charge on any atom is -0.484 e. The molecule has 36 heavy (non-hydrogen) atoms. The monoisotopic (exact) mass is 498 g/mol. The van der Waals surface area contributed by atoms with Gasteiger partial charge in [-0.05, 0) is 47.5 Å². The quantitative estimate of drug-likeness (QED) is 0.495. The third-order valence-corrected chi connectivity index (χ3v) is 6.26. The number of hydrogen-bond donors (Lipinski definition) is 2. The van der Waals surface area contributed by atoms with Gasteiger partial charge in [0.2, 0.25) is 5.79 Å². The van der Waals surface area contributed by atoms with Gasteiger partial charge in [-0.15, -0.1) is 0 Å². The molecule has 2 heterocycles. The van der Waals surface area contributed by atoms with E-state index >= 15 is 0 Å². The Morgan fingerprint density at radius 3 is 2.58 bits per heavy atom. The molecule has 9 heteroatoms. The topological polar surface area (TPSA) is 68.8 Å². The smallest absolute Gasteiger partial charge is 0.418 e. The van der Waals surface area contributed by atoms with E-state index in [1.54, 1.807) is 18.2 Å². The normalized spacial score (nSPS) is 16.6. The average molecular weight is 499 g/mol. The number of carbonyl (C=O) groups is 1. The highest BCUT2D eigenvalue weighted by Gasteiger charge is 2.39. The Kier molecular flexibility index (Phi) is 6.59. The summed E-state index contributed by atoms with van der Waals surface area (Å²) >= 11 is 0. The van der Waals surface area contributed by atoms with Gasteiger partial charge < -0.3 is 24.8 Å². The van der Waals surface area contributed by atoms with Gasteiger partial charge in [0.05, 0.1) is 17.9 Å². The van der Waals surface area contributed by atoms with Crippen molar-refractivity contribution in [3.63, 3.8) is 0 Å². The highest BCUT2D eigenvalue weighted by atomic mass is 19.4. The maximum atomic E-state index is 13.2. The Hall–Kier alpha value is -3.56. The zero-order chi connectivity index (χ0) is 25.2. The van der Waals surface area contributed by atoms with Gasteiger partial charge >= 0.3 is 6.18 Å². The van der Waals surface area contributed by atoms with Crippen molar-refractivity contribution in [3.8, 4) is 22.6 Å². The standard InChI is InChI=1S/C27H25F3N2O4/c28-27(29,30)22-6-1-2-7-23(22)32-25(33)17-34-21-5-3-4-18(15-21)19-8-9-24-20(14-19)16-35-26(36-24)10-12-31-13-11-26/h1-9,14-15,31H,10-13,16-17H2,(H,32,33). The van der Waals surface area contributed by atoms with Crippen molar-refractivity contribution >= 4 is 11.6 Å². The first-order chi connectivity index (χ1) is 17.3. The van der Waals surface area contributed by atoms with Crippen molar-refractivity contribution in [1.29, 1.82) is 0 Å². The largest absolute Gasteiger partial charge is 0.484 e. The van der Waals surface area contributed by atoms with Crippen molar-refractivity contribution in [2.45, 2.75) is 31.4 Å². The fourth-order valence-electron chi connectivity index (χ4n) is 4.40. The summed E-state index contributed by atoms with van der Waals surface area (Å²) in [5.41, 5.74) is 1.52. The van der Waals surface area contributed by atoms with Crippen LogP contribution in [0.25, 0.3) is 11.1 Å². The number of alkyl halides is 3. The summed E-state index contributed by atoms with van der Waals surface area (Å²) in [6.07, 6.45) is -2.98. The average Bonchev–Trinajstić information content (AvgIpc) is 2.87. The first kappa shape index (κ1) is 24.1. The van der Waals surface area contributed by atoms with Crippen LogP contribution in [0, 0.1) is 0 Å². The lowest BCUT2D eigenvalue weighted by molar-refractivity contribution is -0.218. The van der Waals surface area contributed by atoms with E-state index in [0.717, 1.165) is 54.4 Å². The minimum absolute atomic E-state index is 0.308. The van der Waals surface area contributed by atoms with Crippen LogP contribution in [0.2, 0.25) is 0 Å². The Balaban J connectivity index is 1.24. The molecule has 1 amide bonds. The van der Waals surface area contributed by atoms with Gasteiger partial charge in [0.15, 0.2) is 6.61 Å². The Morgan fingerprint density at radius 1 is 1.00 bits per heavy atom. The molecular weight excluding hydrogens is 473 g/mol. The number of fused-ring (bicyclic) bond motifs is 1. The maximum Gasteiger partial charge on any atom is 0.418 e. The van der Waals surface area contributed by atoms with Crippen LogP contribution < -0.4 is 20.1 Å². The number of ether oxygens (including phenoxy) is 3. The van der Waals surface area contributed by atoms with Gasteiger partial charge in [-0.3, -0.25) is 4.79 Å². The highest BCUT2D eigenvalue weighted by molar-refractivity contribution is 5.92. The lowest BCUT2D eigenvalue weighted by Gasteiger charge is -2.41. The van der Waals surface area contributed by atoms with Gasteiger partial charge in [0.1, 0.15) is 11.5 Å². The van der Waals surface area contributed by atoms with Crippen LogP contribution in [0.4, 0.5) is 18.9 Å². The molecule has 5 rings (SSSR count). The van der Waals surface area contributed by atoms with Crippen LogP contribution in [0.15, 0.2) is 66.7 Å². The molecule has 3 aromatic rings. The number of halogens is 3. The Labute approximate surface area is 206 Å². The Morgan fingerprint density at radius 2 is 1.78 bits per heavy atom. The van der Waals surface area contributed by atoms with Gasteiger partial charge in [0, 0.05) is 31.5 Å². The van der Waals surface area contributed by atoms with Crippen LogP contribution in [0.5, 0.6) is 11.5 Å². The number of para-hydroxylation sites is 1. The fraction of sp³-hybridized carbons (Fsp3) is 0.296. The predicted molar refractivity (Wildman–Crippen MR) is 128 cm³/mol. The second kappa shape index (κ2) is 9.83. The van der Waals surface area contributed by atoms with E-state index in [1.165, 1.54) is 18.2 Å². The molecule has 188 valence electrons. The van der Waals surface area contributed by atoms with E-state index in [0.29, 0.717) is 12.4 Å². The number of anilines is 1. The lowest BCUT2D eigenvalue weighted by Crippen LogP contribution is -2.49. The summed E-state index contributed by atoms with van der Waals surface area (Å²) in [7, 11) is 0. The molecule has 3 aromatic carbocycles. The van der Waals surface area contributed by atoms with Gasteiger partial charge in [0.25, 0.3) is 5.91 Å². The van der Waals surface area contributed by atoms with Gasteiger partial charge in [-0.2, -0.15) is 13.2 Å². The second-order valence-electron chi connectivity index (χ2n) is 8.78. The highest BCUT2D eigenvalue weighted by Crippen LogP contribution is 2.38. The summed E-state index contributed by atoms with van der Waals surface area (Å²) in [6.45, 7) is 1.73. The minimum atomic E-state index is -4.57. The molecule has 6 nitrogen and oxygen atoms in total. The predicted octanol–water partition coefficient (Wildman–Crippen LogP) is 5.38. The van der Waals surface area contributed by atoms with Crippen molar-refractivity contribution in [1.82, 2.24) is 5.32 Å². The molecule has 0 aliphatic carbocycles. The van der Waals surface area contributed by atoms with Crippen LogP contribution in [0.3, 0.4) is 0 Å². The Bertz CT molecular complexity index is 1260. The van der Waals surface area contributed by atoms with E-state index < -0.39 is 30.0 Å². The van der Waals surface area contributed by atoms with Crippen molar-refractivity contribution < 1.29 is 32.2 Å². The molecule has 0 aromatic heterocycles. The second-order valence-corrected chi connectivity index (χ2v) is 8.78. The lowest BCUT2D eigenvalue weighted by atomic mass is 9.99. The first-order valence-electron chi connectivity index (χ1n) is 11.7. The van der Waals surface area contributed by atoms with Gasteiger partial charge in [-0.25, -0.2) is 0 Å². The van der Waals surface area contributed by atoms with Crippen LogP contribution in [-0.2, 0) is 22.3 Å². The summed E-state index contributed by atoms with van der Waals surface area (Å²) < 4.78 is 57.3. The van der Waals surface area contributed by atoms with Crippen LogP contribution in [-0.4, -0.2) is 31.4 Å². The van der Waals surface area contributed by atoms with Crippen molar-refractivity contribution in [2.75, 3.05) is 25.0 Å². The maximum absolute atomic E-state index is 13.2.